The van der Waals surface area contributed by atoms with E-state index in [0.29, 0.717) is 5.02 Å². The number of fused-ring (bicyclic) bond motifs is 1. The summed E-state index contributed by atoms with van der Waals surface area (Å²) in [5.74, 6) is 0.0973. The van der Waals surface area contributed by atoms with Gasteiger partial charge in [-0.05, 0) is 30.7 Å². The lowest BCUT2D eigenvalue weighted by atomic mass is 9.96. The van der Waals surface area contributed by atoms with E-state index in [0.717, 1.165) is 66.0 Å². The maximum absolute atomic E-state index is 13.8. The summed E-state index contributed by atoms with van der Waals surface area (Å²) in [7, 11) is 0. The number of hydrogen-bond acceptors (Lipinski definition) is 2. The molecule has 0 saturated carbocycles. The summed E-state index contributed by atoms with van der Waals surface area (Å²) >= 11 is 6.10. The van der Waals surface area contributed by atoms with Crippen molar-refractivity contribution in [1.82, 2.24) is 9.88 Å². The van der Waals surface area contributed by atoms with E-state index in [-0.39, 0.29) is 5.91 Å². The Kier molecular flexibility index (Phi) is 6.12. The zero-order chi connectivity index (χ0) is 22.8. The molecule has 1 N–H and O–H groups in total. The standard InChI is InChI=1S/C28H26ClN3O/c1-20-26(28(33)32-17-15-31(16-18-32)19-21-7-3-2-4-8-21)24-9-5-6-10-25(24)30-27(20)22-11-13-23(29)14-12-22/h2-14H,15-19H2,1H3/p+1. The molecule has 4 nitrogen and oxygen atoms in total. The minimum Gasteiger partial charge on any atom is -0.328 e. The van der Waals surface area contributed by atoms with Gasteiger partial charge in [0.25, 0.3) is 5.91 Å². The third-order valence-electron chi connectivity index (χ3n) is 6.52. The highest BCUT2D eigenvalue weighted by Crippen LogP contribution is 2.31. The summed E-state index contributed by atoms with van der Waals surface area (Å²) in [5, 5.41) is 1.60. The van der Waals surface area contributed by atoms with Crippen LogP contribution in [0.4, 0.5) is 0 Å². The van der Waals surface area contributed by atoms with Crippen LogP contribution in [0, 0.1) is 6.92 Å². The van der Waals surface area contributed by atoms with Crippen LogP contribution in [-0.2, 0) is 6.54 Å². The predicted octanol–water partition coefficient (Wildman–Crippen LogP) is 4.40. The van der Waals surface area contributed by atoms with E-state index in [1.807, 2.05) is 60.4 Å². The first-order chi connectivity index (χ1) is 16.1. The maximum atomic E-state index is 13.8. The number of pyridine rings is 1. The Bertz CT molecular complexity index is 1280. The first-order valence-electron chi connectivity index (χ1n) is 11.4. The molecule has 1 aliphatic rings. The van der Waals surface area contributed by atoms with Gasteiger partial charge in [0.2, 0.25) is 0 Å². The number of carbonyl (C=O) groups excluding carboxylic acids is 1. The third-order valence-corrected chi connectivity index (χ3v) is 6.77. The summed E-state index contributed by atoms with van der Waals surface area (Å²) < 4.78 is 0. The molecule has 0 unspecified atom stereocenters. The Balaban J connectivity index is 1.43. The number of benzene rings is 3. The number of halogens is 1. The second kappa shape index (κ2) is 9.34. The second-order valence-electron chi connectivity index (χ2n) is 8.69. The van der Waals surface area contributed by atoms with E-state index in [1.54, 1.807) is 0 Å². The molecule has 0 aliphatic carbocycles. The van der Waals surface area contributed by atoms with E-state index in [9.17, 15) is 4.79 Å². The summed E-state index contributed by atoms with van der Waals surface area (Å²) in [6.45, 7) is 6.43. The molecule has 0 radical (unpaired) electrons. The Labute approximate surface area is 199 Å². The van der Waals surface area contributed by atoms with Gasteiger partial charge in [0, 0.05) is 21.5 Å². The van der Waals surface area contributed by atoms with Gasteiger partial charge in [0.05, 0.1) is 43.0 Å². The number of piperazine rings is 1. The highest BCUT2D eigenvalue weighted by Gasteiger charge is 2.28. The molecule has 166 valence electrons. The Morgan fingerprint density at radius 2 is 1.61 bits per heavy atom. The van der Waals surface area contributed by atoms with Crippen LogP contribution in [0.2, 0.25) is 5.02 Å². The topological polar surface area (TPSA) is 37.6 Å². The molecule has 1 fully saturated rings. The van der Waals surface area contributed by atoms with Crippen molar-refractivity contribution < 1.29 is 9.69 Å². The number of rotatable bonds is 4. The van der Waals surface area contributed by atoms with E-state index in [4.69, 9.17) is 16.6 Å². The monoisotopic (exact) mass is 456 g/mol. The van der Waals surface area contributed by atoms with Crippen molar-refractivity contribution in [3.05, 3.63) is 101 Å². The first-order valence-corrected chi connectivity index (χ1v) is 11.8. The fourth-order valence-corrected chi connectivity index (χ4v) is 4.84. The molecule has 0 atom stereocenters. The van der Waals surface area contributed by atoms with Gasteiger partial charge in [-0.3, -0.25) is 4.79 Å². The van der Waals surface area contributed by atoms with Crippen molar-refractivity contribution in [2.24, 2.45) is 0 Å². The van der Waals surface area contributed by atoms with E-state index in [1.165, 1.54) is 10.5 Å². The van der Waals surface area contributed by atoms with Gasteiger partial charge in [-0.1, -0.05) is 72.3 Å². The van der Waals surface area contributed by atoms with Gasteiger partial charge >= 0.3 is 0 Å². The predicted molar refractivity (Wildman–Crippen MR) is 134 cm³/mol. The van der Waals surface area contributed by atoms with Gasteiger partial charge in [-0.25, -0.2) is 4.98 Å². The largest absolute Gasteiger partial charge is 0.328 e. The first kappa shape index (κ1) is 21.6. The number of quaternary nitrogens is 1. The molecule has 1 saturated heterocycles. The maximum Gasteiger partial charge on any atom is 0.255 e. The number of aromatic nitrogens is 1. The number of para-hydroxylation sites is 1. The highest BCUT2D eigenvalue weighted by atomic mass is 35.5. The lowest BCUT2D eigenvalue weighted by Gasteiger charge is -2.33. The van der Waals surface area contributed by atoms with Crippen molar-refractivity contribution in [3.63, 3.8) is 0 Å². The Morgan fingerprint density at radius 3 is 2.33 bits per heavy atom. The lowest BCUT2D eigenvalue weighted by molar-refractivity contribution is -0.917. The molecule has 0 bridgehead atoms. The van der Waals surface area contributed by atoms with Crippen molar-refractivity contribution in [3.8, 4) is 11.3 Å². The molecule has 5 heteroatoms. The molecule has 2 heterocycles. The fourth-order valence-electron chi connectivity index (χ4n) is 4.72. The van der Waals surface area contributed by atoms with Crippen LogP contribution < -0.4 is 4.90 Å². The van der Waals surface area contributed by atoms with Crippen molar-refractivity contribution >= 4 is 28.4 Å². The molecule has 3 aromatic carbocycles. The number of amides is 1. The van der Waals surface area contributed by atoms with Crippen LogP contribution in [0.5, 0.6) is 0 Å². The van der Waals surface area contributed by atoms with Crippen LogP contribution in [0.25, 0.3) is 22.2 Å². The van der Waals surface area contributed by atoms with Crippen molar-refractivity contribution in [2.75, 3.05) is 26.2 Å². The van der Waals surface area contributed by atoms with Gasteiger partial charge in [0.15, 0.2) is 0 Å². The summed E-state index contributed by atoms with van der Waals surface area (Å²) in [6.07, 6.45) is 0. The summed E-state index contributed by atoms with van der Waals surface area (Å²) in [6, 6.07) is 26.2. The van der Waals surface area contributed by atoms with E-state index >= 15 is 0 Å². The summed E-state index contributed by atoms with van der Waals surface area (Å²) in [4.78, 5) is 22.2. The van der Waals surface area contributed by atoms with Crippen molar-refractivity contribution in [1.29, 1.82) is 0 Å². The molecule has 33 heavy (non-hydrogen) atoms. The summed E-state index contributed by atoms with van der Waals surface area (Å²) in [5.41, 5.74) is 5.66. The molecule has 1 aliphatic heterocycles. The average Bonchev–Trinajstić information content (AvgIpc) is 2.85. The van der Waals surface area contributed by atoms with E-state index < -0.39 is 0 Å². The molecule has 0 spiro atoms. The van der Waals surface area contributed by atoms with Crippen LogP contribution in [0.1, 0.15) is 21.5 Å². The normalized spacial score (nSPS) is 14.5. The number of carbonyl (C=O) groups is 1. The van der Waals surface area contributed by atoms with Crippen LogP contribution >= 0.6 is 11.6 Å². The van der Waals surface area contributed by atoms with Crippen LogP contribution in [0.15, 0.2) is 78.9 Å². The molecule has 1 aromatic heterocycles. The average molecular weight is 457 g/mol. The smallest absolute Gasteiger partial charge is 0.255 e. The van der Waals surface area contributed by atoms with Crippen molar-refractivity contribution in [2.45, 2.75) is 13.5 Å². The van der Waals surface area contributed by atoms with E-state index in [2.05, 4.69) is 30.3 Å². The molecular weight excluding hydrogens is 430 g/mol. The van der Waals surface area contributed by atoms with Gasteiger partial charge in [-0.15, -0.1) is 0 Å². The minimum atomic E-state index is 0.0973. The van der Waals surface area contributed by atoms with Gasteiger partial charge in [-0.2, -0.15) is 0 Å². The molecular formula is C28H27ClN3O+. The zero-order valence-electron chi connectivity index (χ0n) is 18.7. The van der Waals surface area contributed by atoms with Crippen LogP contribution in [0.3, 0.4) is 0 Å². The Morgan fingerprint density at radius 1 is 0.939 bits per heavy atom. The van der Waals surface area contributed by atoms with Gasteiger partial charge in [0.1, 0.15) is 6.54 Å². The quantitative estimate of drug-likeness (QED) is 0.494. The lowest BCUT2D eigenvalue weighted by Crippen LogP contribution is -3.13. The third kappa shape index (κ3) is 4.50. The Hall–Kier alpha value is -3.21. The van der Waals surface area contributed by atoms with Gasteiger partial charge < -0.3 is 9.80 Å². The van der Waals surface area contributed by atoms with Crippen LogP contribution in [-0.4, -0.2) is 42.0 Å². The SMILES string of the molecule is Cc1c(-c2ccc(Cl)cc2)nc2ccccc2c1C(=O)N1CC[NH+](Cc2ccccc2)CC1. The zero-order valence-corrected chi connectivity index (χ0v) is 19.5. The second-order valence-corrected chi connectivity index (χ2v) is 9.13. The number of hydrogen-bond donors (Lipinski definition) is 1. The highest BCUT2D eigenvalue weighted by molar-refractivity contribution is 6.30. The minimum absolute atomic E-state index is 0.0973. The fraction of sp³-hybridized carbons (Fsp3) is 0.214. The molecule has 4 aromatic rings. The number of nitrogens with one attached hydrogen (secondary N) is 1. The molecule has 1 amide bonds. The number of nitrogens with zero attached hydrogens (tertiary/aromatic N) is 2. The molecule has 5 rings (SSSR count).